The van der Waals surface area contributed by atoms with Crippen LogP contribution in [0.3, 0.4) is 0 Å². The van der Waals surface area contributed by atoms with Crippen molar-refractivity contribution in [3.63, 3.8) is 0 Å². The van der Waals surface area contributed by atoms with Crippen LogP contribution in [0.15, 0.2) is 24.3 Å². The highest BCUT2D eigenvalue weighted by Crippen LogP contribution is 2.37. The van der Waals surface area contributed by atoms with E-state index in [1.54, 1.807) is 19.1 Å². The fourth-order valence-corrected chi connectivity index (χ4v) is 2.85. The van der Waals surface area contributed by atoms with Crippen molar-refractivity contribution in [1.29, 1.82) is 0 Å². The zero-order chi connectivity index (χ0) is 18.3. The highest BCUT2D eigenvalue weighted by Gasteiger charge is 2.38. The number of rotatable bonds is 3. The molecule has 2 aromatic rings. The third-order valence-corrected chi connectivity index (χ3v) is 4.00. The van der Waals surface area contributed by atoms with Crippen molar-refractivity contribution in [2.75, 3.05) is 11.9 Å². The van der Waals surface area contributed by atoms with Gasteiger partial charge >= 0.3 is 0 Å². The number of anilines is 1. The summed E-state index contributed by atoms with van der Waals surface area (Å²) in [5, 5.41) is 2.70. The van der Waals surface area contributed by atoms with E-state index in [9.17, 15) is 26.7 Å². The molecule has 0 fully saturated rings. The van der Waals surface area contributed by atoms with Gasteiger partial charge in [0.15, 0.2) is 23.3 Å². The van der Waals surface area contributed by atoms with Crippen LogP contribution in [0, 0.1) is 29.1 Å². The molecule has 0 saturated carbocycles. The fraction of sp³-hybridized carbons (Fsp3) is 0.235. The average molecular weight is 356 g/mol. The monoisotopic (exact) mass is 356 g/mol. The summed E-state index contributed by atoms with van der Waals surface area (Å²) in [5.41, 5.74) is -0.558. The van der Waals surface area contributed by atoms with Crippen molar-refractivity contribution in [2.45, 2.75) is 19.5 Å². The van der Waals surface area contributed by atoms with Crippen LogP contribution in [-0.2, 0) is 0 Å². The first-order valence-electron chi connectivity index (χ1n) is 7.56. The lowest BCUT2D eigenvalue weighted by Gasteiger charge is -2.38. The molecule has 1 aliphatic rings. The number of carbonyl (C=O) groups excluding carboxylic acids is 1. The minimum atomic E-state index is -2.23. The van der Waals surface area contributed by atoms with E-state index >= 15 is 0 Å². The van der Waals surface area contributed by atoms with Crippen molar-refractivity contribution in [1.82, 2.24) is 4.90 Å². The van der Waals surface area contributed by atoms with Crippen LogP contribution >= 0.6 is 0 Å². The number of para-hydroxylation sites is 1. The van der Waals surface area contributed by atoms with Crippen molar-refractivity contribution < 1.29 is 26.7 Å². The maximum Gasteiger partial charge on any atom is 0.257 e. The Morgan fingerprint density at radius 2 is 1.52 bits per heavy atom. The van der Waals surface area contributed by atoms with Crippen molar-refractivity contribution in [3.05, 3.63) is 64.5 Å². The lowest BCUT2D eigenvalue weighted by atomic mass is 10.0. The maximum absolute atomic E-state index is 14.2. The summed E-state index contributed by atoms with van der Waals surface area (Å²) in [6.07, 6.45) is -1.08. The molecule has 8 heteroatoms. The predicted octanol–water partition coefficient (Wildman–Crippen LogP) is 4.36. The van der Waals surface area contributed by atoms with Crippen LogP contribution in [0.4, 0.5) is 27.6 Å². The van der Waals surface area contributed by atoms with Crippen LogP contribution in [-0.4, -0.2) is 17.4 Å². The number of hydrogen-bond acceptors (Lipinski definition) is 2. The molecule has 0 aliphatic carbocycles. The molecule has 1 N–H and O–H groups in total. The van der Waals surface area contributed by atoms with E-state index in [0.717, 1.165) is 4.90 Å². The molecule has 3 rings (SSSR count). The number of nitrogens with zero attached hydrogens (tertiary/aromatic N) is 1. The van der Waals surface area contributed by atoms with Crippen LogP contribution in [0.25, 0.3) is 0 Å². The van der Waals surface area contributed by atoms with E-state index in [4.69, 9.17) is 0 Å². The first kappa shape index (κ1) is 17.2. The third-order valence-electron chi connectivity index (χ3n) is 4.00. The molecule has 1 aliphatic heterocycles. The van der Waals surface area contributed by atoms with E-state index in [1.807, 2.05) is 0 Å². The molecule has 1 atom stereocenters. The van der Waals surface area contributed by atoms with Gasteiger partial charge in [-0.15, -0.1) is 0 Å². The number of amides is 1. The van der Waals surface area contributed by atoms with Crippen LogP contribution < -0.4 is 5.32 Å². The SMILES string of the molecule is CCCN1C(=O)c2ccccc2N[C@@H]1c1c(F)c(F)c(F)c(F)c1F. The second-order valence-corrected chi connectivity index (χ2v) is 5.57. The Hall–Kier alpha value is -2.64. The summed E-state index contributed by atoms with van der Waals surface area (Å²) in [7, 11) is 0. The lowest BCUT2D eigenvalue weighted by molar-refractivity contribution is 0.0675. The predicted molar refractivity (Wildman–Crippen MR) is 80.4 cm³/mol. The van der Waals surface area contributed by atoms with Gasteiger partial charge in [0.05, 0.1) is 11.1 Å². The minimum Gasteiger partial charge on any atom is -0.361 e. The molecule has 0 bridgehead atoms. The van der Waals surface area contributed by atoms with E-state index in [-0.39, 0.29) is 17.8 Å². The summed E-state index contributed by atoms with van der Waals surface area (Å²) in [4.78, 5) is 13.7. The number of halogens is 5. The number of fused-ring (bicyclic) bond motifs is 1. The molecule has 0 radical (unpaired) electrons. The largest absolute Gasteiger partial charge is 0.361 e. The summed E-state index contributed by atoms with van der Waals surface area (Å²) in [5.74, 6) is -10.8. The zero-order valence-corrected chi connectivity index (χ0v) is 13.0. The number of hydrogen-bond donors (Lipinski definition) is 1. The van der Waals surface area contributed by atoms with Gasteiger partial charge in [-0.05, 0) is 18.6 Å². The third kappa shape index (κ3) is 2.61. The van der Waals surface area contributed by atoms with Crippen LogP contribution in [0.1, 0.15) is 35.4 Å². The topological polar surface area (TPSA) is 32.3 Å². The first-order valence-corrected chi connectivity index (χ1v) is 7.56. The van der Waals surface area contributed by atoms with Crippen LogP contribution in [0.5, 0.6) is 0 Å². The molecule has 0 unspecified atom stereocenters. The summed E-state index contributed by atoms with van der Waals surface area (Å²) >= 11 is 0. The van der Waals surface area contributed by atoms with E-state index in [2.05, 4.69) is 5.32 Å². The average Bonchev–Trinajstić information content (AvgIpc) is 2.61. The second kappa shape index (κ2) is 6.34. The van der Waals surface area contributed by atoms with Crippen LogP contribution in [0.2, 0.25) is 0 Å². The Bertz CT molecular complexity index is 826. The van der Waals surface area contributed by atoms with Gasteiger partial charge in [-0.2, -0.15) is 0 Å². The van der Waals surface area contributed by atoms with Gasteiger partial charge in [0, 0.05) is 12.2 Å². The van der Waals surface area contributed by atoms with Crippen molar-refractivity contribution >= 4 is 11.6 Å². The Balaban J connectivity index is 2.21. The quantitative estimate of drug-likeness (QED) is 0.504. The van der Waals surface area contributed by atoms with Gasteiger partial charge in [-0.1, -0.05) is 19.1 Å². The minimum absolute atomic E-state index is 0.0737. The molecule has 132 valence electrons. The second-order valence-electron chi connectivity index (χ2n) is 5.57. The van der Waals surface area contributed by atoms with Gasteiger partial charge in [-0.25, -0.2) is 22.0 Å². The number of carbonyl (C=O) groups is 1. The molecular weight excluding hydrogens is 343 g/mol. The smallest absolute Gasteiger partial charge is 0.257 e. The maximum atomic E-state index is 14.2. The van der Waals surface area contributed by atoms with Gasteiger partial charge in [-0.3, -0.25) is 4.79 Å². The fourth-order valence-electron chi connectivity index (χ4n) is 2.85. The van der Waals surface area contributed by atoms with Gasteiger partial charge in [0.1, 0.15) is 6.17 Å². The van der Waals surface area contributed by atoms with Crippen molar-refractivity contribution in [3.8, 4) is 0 Å². The van der Waals surface area contributed by atoms with E-state index in [1.165, 1.54) is 12.1 Å². The zero-order valence-electron chi connectivity index (χ0n) is 13.0. The normalized spacial score (nSPS) is 16.6. The molecule has 25 heavy (non-hydrogen) atoms. The summed E-state index contributed by atoms with van der Waals surface area (Å²) in [6.45, 7) is 1.80. The highest BCUT2D eigenvalue weighted by molar-refractivity contribution is 6.01. The molecular formula is C17H13F5N2O. The first-order chi connectivity index (χ1) is 11.9. The van der Waals surface area contributed by atoms with E-state index in [0.29, 0.717) is 6.42 Å². The molecule has 1 heterocycles. The summed E-state index contributed by atoms with van der Waals surface area (Å²) < 4.78 is 68.8. The molecule has 0 saturated heterocycles. The number of nitrogens with one attached hydrogen (secondary N) is 1. The Morgan fingerprint density at radius 3 is 2.12 bits per heavy atom. The molecule has 1 amide bonds. The molecule has 0 spiro atoms. The van der Waals surface area contributed by atoms with Crippen molar-refractivity contribution in [2.24, 2.45) is 0 Å². The standard InChI is InChI=1S/C17H13F5N2O/c1-2-7-24-16(23-9-6-4-3-5-8(9)17(24)25)10-11(18)13(20)15(22)14(21)12(10)19/h3-6,16,23H,2,7H2,1H3/t16-/m0/s1. The van der Waals surface area contributed by atoms with Gasteiger partial charge in [0.25, 0.3) is 5.91 Å². The molecule has 3 nitrogen and oxygen atoms in total. The van der Waals surface area contributed by atoms with Gasteiger partial charge < -0.3 is 10.2 Å². The Morgan fingerprint density at radius 1 is 0.960 bits per heavy atom. The summed E-state index contributed by atoms with van der Waals surface area (Å²) in [6, 6.07) is 6.21. The highest BCUT2D eigenvalue weighted by atomic mass is 19.2. The number of benzene rings is 2. The lowest BCUT2D eigenvalue weighted by Crippen LogP contribution is -2.44. The van der Waals surface area contributed by atoms with E-state index < -0.39 is 46.7 Å². The molecule has 2 aromatic carbocycles. The van der Waals surface area contributed by atoms with Gasteiger partial charge in [0.2, 0.25) is 5.82 Å². The molecule has 0 aromatic heterocycles. The Kier molecular flexibility index (Phi) is 4.36. The Labute approximate surface area is 140 Å².